The lowest BCUT2D eigenvalue weighted by molar-refractivity contribution is -0.114. The van der Waals surface area contributed by atoms with Crippen molar-refractivity contribution in [3.8, 4) is 11.3 Å². The lowest BCUT2D eigenvalue weighted by Gasteiger charge is -2.06. The van der Waals surface area contributed by atoms with Crippen molar-refractivity contribution in [2.24, 2.45) is 0 Å². The molecular weight excluding hydrogens is 360 g/mol. The molecule has 3 aromatic rings. The van der Waals surface area contributed by atoms with Gasteiger partial charge in [0.25, 0.3) is 0 Å². The first-order valence-electron chi connectivity index (χ1n) is 8.52. The van der Waals surface area contributed by atoms with Gasteiger partial charge in [0.2, 0.25) is 5.91 Å². The number of nitrogens with zero attached hydrogens (tertiary/aromatic N) is 1. The van der Waals surface area contributed by atoms with Crippen LogP contribution in [0.4, 0.5) is 16.2 Å². The molecule has 3 N–H and O–H groups in total. The van der Waals surface area contributed by atoms with Crippen molar-refractivity contribution in [1.82, 2.24) is 10.3 Å². The Kier molecular flexibility index (Phi) is 6.17. The standard InChI is InChI=1S/C20H20N4O2S/c1-14(25)22-17-9-7-15(8-10-17)18-13-27-19(24-18)11-12-21-20(26)23-16-5-3-2-4-6-16/h2-10,13H,11-12H2,1H3,(H,22,25)(H2,21,23,26). The largest absolute Gasteiger partial charge is 0.337 e. The van der Waals surface area contributed by atoms with Gasteiger partial charge in [0, 0.05) is 42.2 Å². The van der Waals surface area contributed by atoms with Gasteiger partial charge in [0.1, 0.15) is 0 Å². The van der Waals surface area contributed by atoms with E-state index in [1.165, 1.54) is 6.92 Å². The Balaban J connectivity index is 1.49. The van der Waals surface area contributed by atoms with Crippen molar-refractivity contribution in [3.63, 3.8) is 0 Å². The predicted molar refractivity (Wildman–Crippen MR) is 109 cm³/mol. The van der Waals surface area contributed by atoms with Gasteiger partial charge < -0.3 is 16.0 Å². The van der Waals surface area contributed by atoms with Crippen LogP contribution < -0.4 is 16.0 Å². The van der Waals surface area contributed by atoms with E-state index in [-0.39, 0.29) is 11.9 Å². The van der Waals surface area contributed by atoms with Gasteiger partial charge in [-0.05, 0) is 24.3 Å². The molecule has 2 aromatic carbocycles. The molecule has 0 aliphatic rings. The number of thiazole rings is 1. The number of anilines is 2. The predicted octanol–water partition coefficient (Wildman–Crippen LogP) is 4.13. The summed E-state index contributed by atoms with van der Waals surface area (Å²) in [6, 6.07) is 16.6. The summed E-state index contributed by atoms with van der Waals surface area (Å²) >= 11 is 1.56. The van der Waals surface area contributed by atoms with Gasteiger partial charge in [-0.1, -0.05) is 30.3 Å². The maximum atomic E-state index is 11.9. The first-order chi connectivity index (χ1) is 13.1. The molecule has 1 aromatic heterocycles. The zero-order valence-corrected chi connectivity index (χ0v) is 15.7. The average Bonchev–Trinajstić information content (AvgIpc) is 3.11. The molecule has 0 fully saturated rings. The monoisotopic (exact) mass is 380 g/mol. The number of carbonyl (C=O) groups excluding carboxylic acids is 2. The van der Waals surface area contributed by atoms with Crippen molar-refractivity contribution >= 4 is 34.6 Å². The average molecular weight is 380 g/mol. The van der Waals surface area contributed by atoms with E-state index in [1.807, 2.05) is 60.0 Å². The van der Waals surface area contributed by atoms with Crippen molar-refractivity contribution in [2.45, 2.75) is 13.3 Å². The van der Waals surface area contributed by atoms with Gasteiger partial charge in [0.15, 0.2) is 0 Å². The number of nitrogens with one attached hydrogen (secondary N) is 3. The molecule has 0 bridgehead atoms. The van der Waals surface area contributed by atoms with Crippen LogP contribution >= 0.6 is 11.3 Å². The maximum Gasteiger partial charge on any atom is 0.319 e. The molecule has 6 nitrogen and oxygen atoms in total. The van der Waals surface area contributed by atoms with E-state index in [9.17, 15) is 9.59 Å². The molecule has 0 unspecified atom stereocenters. The second-order valence-electron chi connectivity index (χ2n) is 5.88. The van der Waals surface area contributed by atoms with Gasteiger partial charge in [-0.2, -0.15) is 0 Å². The van der Waals surface area contributed by atoms with Crippen LogP contribution in [0.15, 0.2) is 60.0 Å². The van der Waals surface area contributed by atoms with Crippen molar-refractivity contribution in [1.29, 1.82) is 0 Å². The van der Waals surface area contributed by atoms with Gasteiger partial charge in [-0.15, -0.1) is 11.3 Å². The Morgan fingerprint density at radius 2 is 1.67 bits per heavy atom. The normalized spacial score (nSPS) is 10.3. The zero-order chi connectivity index (χ0) is 19.1. The van der Waals surface area contributed by atoms with Crippen LogP contribution in [0.2, 0.25) is 0 Å². The maximum absolute atomic E-state index is 11.9. The quantitative estimate of drug-likeness (QED) is 0.601. The third-order valence-corrected chi connectivity index (χ3v) is 4.62. The van der Waals surface area contributed by atoms with E-state index >= 15 is 0 Å². The highest BCUT2D eigenvalue weighted by Crippen LogP contribution is 2.23. The molecule has 0 saturated carbocycles. The Hall–Kier alpha value is -3.19. The first kappa shape index (κ1) is 18.6. The van der Waals surface area contributed by atoms with Crippen LogP contribution in [0.5, 0.6) is 0 Å². The number of urea groups is 1. The summed E-state index contributed by atoms with van der Waals surface area (Å²) in [5.74, 6) is -0.0949. The number of hydrogen-bond donors (Lipinski definition) is 3. The molecule has 0 spiro atoms. The molecule has 3 rings (SSSR count). The summed E-state index contributed by atoms with van der Waals surface area (Å²) in [5.41, 5.74) is 3.39. The molecule has 27 heavy (non-hydrogen) atoms. The lowest BCUT2D eigenvalue weighted by Crippen LogP contribution is -2.30. The minimum Gasteiger partial charge on any atom is -0.337 e. The van der Waals surface area contributed by atoms with Gasteiger partial charge in [-0.25, -0.2) is 9.78 Å². The Labute approximate surface area is 161 Å². The summed E-state index contributed by atoms with van der Waals surface area (Å²) in [6.07, 6.45) is 0.664. The fraction of sp³-hybridized carbons (Fsp3) is 0.150. The molecule has 3 amide bonds. The van der Waals surface area contributed by atoms with Crippen LogP contribution in [-0.4, -0.2) is 23.5 Å². The van der Waals surface area contributed by atoms with Crippen molar-refractivity contribution in [2.75, 3.05) is 17.2 Å². The van der Waals surface area contributed by atoms with E-state index in [1.54, 1.807) is 11.3 Å². The van der Waals surface area contributed by atoms with Gasteiger partial charge in [-0.3, -0.25) is 4.79 Å². The molecule has 0 aliphatic heterocycles. The summed E-state index contributed by atoms with van der Waals surface area (Å²) in [5, 5.41) is 11.3. The minimum absolute atomic E-state index is 0.0949. The van der Waals surface area contributed by atoms with E-state index in [0.29, 0.717) is 13.0 Å². The SMILES string of the molecule is CC(=O)Nc1ccc(-c2csc(CCNC(=O)Nc3ccccc3)n2)cc1. The fourth-order valence-corrected chi connectivity index (χ4v) is 3.27. The Morgan fingerprint density at radius 3 is 2.37 bits per heavy atom. The Bertz CT molecular complexity index is 907. The number of aromatic nitrogens is 1. The minimum atomic E-state index is -0.230. The van der Waals surface area contributed by atoms with Crippen LogP contribution in [0, 0.1) is 0 Å². The second kappa shape index (κ2) is 8.95. The van der Waals surface area contributed by atoms with E-state index < -0.39 is 0 Å². The summed E-state index contributed by atoms with van der Waals surface area (Å²) in [7, 11) is 0. The van der Waals surface area contributed by atoms with Gasteiger partial charge in [0.05, 0.1) is 10.7 Å². The van der Waals surface area contributed by atoms with E-state index in [4.69, 9.17) is 0 Å². The van der Waals surface area contributed by atoms with Crippen molar-refractivity contribution < 1.29 is 9.59 Å². The Morgan fingerprint density at radius 1 is 0.963 bits per heavy atom. The van der Waals surface area contributed by atoms with Crippen LogP contribution in [0.1, 0.15) is 11.9 Å². The summed E-state index contributed by atoms with van der Waals surface area (Å²) in [4.78, 5) is 27.5. The zero-order valence-electron chi connectivity index (χ0n) is 14.9. The number of hydrogen-bond acceptors (Lipinski definition) is 4. The molecule has 138 valence electrons. The topological polar surface area (TPSA) is 83.1 Å². The third kappa shape index (κ3) is 5.65. The molecule has 0 radical (unpaired) electrons. The highest BCUT2D eigenvalue weighted by molar-refractivity contribution is 7.09. The lowest BCUT2D eigenvalue weighted by atomic mass is 10.1. The number of benzene rings is 2. The molecule has 0 saturated heterocycles. The first-order valence-corrected chi connectivity index (χ1v) is 9.40. The van der Waals surface area contributed by atoms with Crippen molar-refractivity contribution in [3.05, 3.63) is 65.0 Å². The number of carbonyl (C=O) groups is 2. The number of rotatable bonds is 6. The molecule has 7 heteroatoms. The summed E-state index contributed by atoms with van der Waals surface area (Å²) in [6.45, 7) is 1.99. The molecular formula is C20H20N4O2S. The number of amides is 3. The van der Waals surface area contributed by atoms with Gasteiger partial charge >= 0.3 is 6.03 Å². The molecule has 0 aliphatic carbocycles. The van der Waals surface area contributed by atoms with E-state index in [0.717, 1.165) is 27.6 Å². The van der Waals surface area contributed by atoms with E-state index in [2.05, 4.69) is 20.9 Å². The summed E-state index contributed by atoms with van der Waals surface area (Å²) < 4.78 is 0. The fourth-order valence-electron chi connectivity index (χ4n) is 2.47. The van der Waals surface area contributed by atoms with Crippen LogP contribution in [0.25, 0.3) is 11.3 Å². The second-order valence-corrected chi connectivity index (χ2v) is 6.82. The van der Waals surface area contributed by atoms with Crippen LogP contribution in [0.3, 0.4) is 0 Å². The highest BCUT2D eigenvalue weighted by atomic mass is 32.1. The highest BCUT2D eigenvalue weighted by Gasteiger charge is 2.06. The smallest absolute Gasteiger partial charge is 0.319 e. The molecule has 0 atom stereocenters. The molecule has 1 heterocycles. The van der Waals surface area contributed by atoms with Crippen LogP contribution in [-0.2, 0) is 11.2 Å². The third-order valence-electron chi connectivity index (χ3n) is 3.71. The number of para-hydroxylation sites is 1.